The van der Waals surface area contributed by atoms with Gasteiger partial charge in [-0.15, -0.1) is 0 Å². The molecule has 2 aromatic rings. The Morgan fingerprint density at radius 1 is 1.33 bits per heavy atom. The Hall–Kier alpha value is -2.14. The molecular formula is C12H8ClNO4. The van der Waals surface area contributed by atoms with Gasteiger partial charge in [0, 0.05) is 6.07 Å². The van der Waals surface area contributed by atoms with Crippen LogP contribution in [0.25, 0.3) is 11.3 Å². The summed E-state index contributed by atoms with van der Waals surface area (Å²) in [5.41, 5.74) is 1.01. The smallest absolute Gasteiger partial charge is 0.287 e. The van der Waals surface area contributed by atoms with Gasteiger partial charge in [-0.1, -0.05) is 6.07 Å². The number of rotatable bonds is 3. The Morgan fingerprint density at radius 2 is 2.06 bits per heavy atom. The van der Waals surface area contributed by atoms with Crippen LogP contribution >= 0.6 is 11.6 Å². The van der Waals surface area contributed by atoms with Crippen molar-refractivity contribution in [3.8, 4) is 11.3 Å². The monoisotopic (exact) mass is 265 g/mol. The average Bonchev–Trinajstić information content (AvgIpc) is 2.78. The van der Waals surface area contributed by atoms with Gasteiger partial charge in [0.25, 0.3) is 10.9 Å². The quantitative estimate of drug-likeness (QED) is 0.483. The Kier molecular flexibility index (Phi) is 3.16. The SMILES string of the molecule is Cc1ccc(-c2ccc(C(=O)Cl)o2)c([N+](=O)[O-])c1. The van der Waals surface area contributed by atoms with E-state index in [0.717, 1.165) is 5.56 Å². The van der Waals surface area contributed by atoms with Crippen LogP contribution in [-0.4, -0.2) is 10.2 Å². The van der Waals surface area contributed by atoms with Gasteiger partial charge in [-0.2, -0.15) is 0 Å². The highest BCUT2D eigenvalue weighted by Crippen LogP contribution is 2.32. The highest BCUT2D eigenvalue weighted by molar-refractivity contribution is 6.67. The van der Waals surface area contributed by atoms with Crippen molar-refractivity contribution in [2.75, 3.05) is 0 Å². The van der Waals surface area contributed by atoms with Gasteiger partial charge in [0.15, 0.2) is 5.76 Å². The van der Waals surface area contributed by atoms with Crippen LogP contribution < -0.4 is 0 Å². The lowest BCUT2D eigenvalue weighted by Crippen LogP contribution is -1.92. The Balaban J connectivity index is 2.55. The predicted molar refractivity (Wildman–Crippen MR) is 65.7 cm³/mol. The van der Waals surface area contributed by atoms with Crippen molar-refractivity contribution in [3.63, 3.8) is 0 Å². The average molecular weight is 266 g/mol. The third-order valence-electron chi connectivity index (χ3n) is 2.42. The van der Waals surface area contributed by atoms with Crippen LogP contribution in [-0.2, 0) is 0 Å². The second-order valence-electron chi connectivity index (χ2n) is 3.72. The first-order valence-electron chi connectivity index (χ1n) is 5.04. The molecule has 0 atom stereocenters. The van der Waals surface area contributed by atoms with Gasteiger partial charge in [0.05, 0.1) is 10.5 Å². The summed E-state index contributed by atoms with van der Waals surface area (Å²) >= 11 is 5.26. The molecule has 1 aromatic carbocycles. The number of furan rings is 1. The molecule has 0 amide bonds. The lowest BCUT2D eigenvalue weighted by atomic mass is 10.1. The molecule has 1 heterocycles. The number of carbonyl (C=O) groups excluding carboxylic acids is 1. The first kappa shape index (κ1) is 12.3. The van der Waals surface area contributed by atoms with E-state index in [1.54, 1.807) is 19.1 Å². The normalized spacial score (nSPS) is 10.3. The van der Waals surface area contributed by atoms with Gasteiger partial charge in [-0.05, 0) is 42.3 Å². The van der Waals surface area contributed by atoms with Crippen molar-refractivity contribution in [2.24, 2.45) is 0 Å². The van der Waals surface area contributed by atoms with E-state index in [1.165, 1.54) is 18.2 Å². The third kappa shape index (κ3) is 2.26. The molecule has 0 spiro atoms. The minimum absolute atomic E-state index is 0.0402. The second kappa shape index (κ2) is 4.62. The molecule has 0 fully saturated rings. The van der Waals surface area contributed by atoms with Crippen LogP contribution in [0.3, 0.4) is 0 Å². The highest BCUT2D eigenvalue weighted by atomic mass is 35.5. The Morgan fingerprint density at radius 3 is 2.61 bits per heavy atom. The zero-order valence-corrected chi connectivity index (χ0v) is 10.1. The summed E-state index contributed by atoms with van der Waals surface area (Å²) in [6.07, 6.45) is 0. The minimum atomic E-state index is -0.740. The molecule has 6 heteroatoms. The fraction of sp³-hybridized carbons (Fsp3) is 0.0833. The van der Waals surface area contributed by atoms with Crippen molar-refractivity contribution >= 4 is 22.5 Å². The van der Waals surface area contributed by atoms with Crippen LogP contribution in [0, 0.1) is 17.0 Å². The van der Waals surface area contributed by atoms with Crippen molar-refractivity contribution in [2.45, 2.75) is 6.92 Å². The summed E-state index contributed by atoms with van der Waals surface area (Å²) in [5, 5.41) is 10.2. The van der Waals surface area contributed by atoms with Gasteiger partial charge in [-0.25, -0.2) is 0 Å². The fourth-order valence-electron chi connectivity index (χ4n) is 1.59. The zero-order valence-electron chi connectivity index (χ0n) is 9.34. The molecule has 0 saturated heterocycles. The molecule has 0 unspecified atom stereocenters. The summed E-state index contributed by atoms with van der Waals surface area (Å²) in [5.74, 6) is 0.201. The summed E-state index contributed by atoms with van der Waals surface area (Å²) < 4.78 is 5.18. The summed E-state index contributed by atoms with van der Waals surface area (Å²) in [6.45, 7) is 1.76. The molecule has 0 aliphatic rings. The van der Waals surface area contributed by atoms with Crippen molar-refractivity contribution in [1.29, 1.82) is 0 Å². The van der Waals surface area contributed by atoms with Crippen LogP contribution in [0.15, 0.2) is 34.7 Å². The second-order valence-corrected chi connectivity index (χ2v) is 4.06. The molecule has 5 nitrogen and oxygen atoms in total. The van der Waals surface area contributed by atoms with Gasteiger partial charge in [-0.3, -0.25) is 14.9 Å². The van der Waals surface area contributed by atoms with E-state index in [1.807, 2.05) is 0 Å². The maximum atomic E-state index is 11.0. The molecule has 0 bridgehead atoms. The summed E-state index contributed by atoms with van der Waals surface area (Å²) in [6, 6.07) is 7.61. The van der Waals surface area contributed by atoms with Crippen LogP contribution in [0.4, 0.5) is 5.69 Å². The molecule has 0 aliphatic carbocycles. The van der Waals surface area contributed by atoms with E-state index in [2.05, 4.69) is 0 Å². The highest BCUT2D eigenvalue weighted by Gasteiger charge is 2.19. The van der Waals surface area contributed by atoms with Gasteiger partial charge in [0.1, 0.15) is 5.76 Å². The minimum Gasteiger partial charge on any atom is -0.451 e. The van der Waals surface area contributed by atoms with Crippen LogP contribution in [0.1, 0.15) is 16.1 Å². The summed E-state index contributed by atoms with van der Waals surface area (Å²) in [4.78, 5) is 21.4. The molecule has 0 aliphatic heterocycles. The number of hydrogen-bond donors (Lipinski definition) is 0. The van der Waals surface area contributed by atoms with Crippen LogP contribution in [0.5, 0.6) is 0 Å². The van der Waals surface area contributed by atoms with E-state index in [4.69, 9.17) is 16.0 Å². The van der Waals surface area contributed by atoms with Crippen molar-refractivity contribution in [1.82, 2.24) is 0 Å². The van der Waals surface area contributed by atoms with Gasteiger partial charge < -0.3 is 4.42 Å². The standard InChI is InChI=1S/C12H8ClNO4/c1-7-2-3-8(9(6-7)14(16)17)10-4-5-11(18-10)12(13)15/h2-6H,1H3. The number of hydrogen-bond acceptors (Lipinski definition) is 4. The van der Waals surface area contributed by atoms with E-state index in [0.29, 0.717) is 5.56 Å². The van der Waals surface area contributed by atoms with Crippen LogP contribution in [0.2, 0.25) is 0 Å². The number of nitrogens with zero attached hydrogens (tertiary/aromatic N) is 1. The molecule has 92 valence electrons. The maximum absolute atomic E-state index is 11.0. The number of benzene rings is 1. The van der Waals surface area contributed by atoms with E-state index in [-0.39, 0.29) is 17.2 Å². The zero-order chi connectivity index (χ0) is 13.3. The van der Waals surface area contributed by atoms with Gasteiger partial charge in [0.2, 0.25) is 0 Å². The molecule has 0 radical (unpaired) electrons. The predicted octanol–water partition coefficient (Wildman–Crippen LogP) is 3.54. The maximum Gasteiger partial charge on any atom is 0.287 e. The number of nitro groups is 1. The van der Waals surface area contributed by atoms with Gasteiger partial charge >= 0.3 is 0 Å². The molecule has 18 heavy (non-hydrogen) atoms. The number of carbonyl (C=O) groups is 1. The lowest BCUT2D eigenvalue weighted by Gasteiger charge is -2.00. The number of nitro benzene ring substituents is 1. The molecule has 0 saturated carbocycles. The van der Waals surface area contributed by atoms with Crippen molar-refractivity contribution < 1.29 is 14.1 Å². The van der Waals surface area contributed by atoms with E-state index in [9.17, 15) is 14.9 Å². The first-order valence-corrected chi connectivity index (χ1v) is 5.42. The van der Waals surface area contributed by atoms with E-state index < -0.39 is 10.2 Å². The fourth-order valence-corrected chi connectivity index (χ4v) is 1.69. The lowest BCUT2D eigenvalue weighted by molar-refractivity contribution is -0.384. The largest absolute Gasteiger partial charge is 0.451 e. The summed E-state index contributed by atoms with van der Waals surface area (Å²) in [7, 11) is 0. The van der Waals surface area contributed by atoms with E-state index >= 15 is 0 Å². The number of halogens is 1. The first-order chi connectivity index (χ1) is 8.49. The topological polar surface area (TPSA) is 73.3 Å². The molecule has 2 rings (SSSR count). The van der Waals surface area contributed by atoms with Crippen molar-refractivity contribution in [3.05, 3.63) is 51.8 Å². The Bertz CT molecular complexity index is 633. The Labute approximate surface area is 107 Å². The molecule has 1 aromatic heterocycles. The molecule has 0 N–H and O–H groups in total. The third-order valence-corrected chi connectivity index (χ3v) is 2.60. The number of aryl methyl sites for hydroxylation is 1. The molecular weight excluding hydrogens is 258 g/mol.